The minimum absolute atomic E-state index is 0.316. The van der Waals surface area contributed by atoms with Gasteiger partial charge in [0, 0.05) is 25.7 Å². The summed E-state index contributed by atoms with van der Waals surface area (Å²) in [5.74, 6) is 1.10. The molecule has 0 aromatic heterocycles. The number of nitrogens with zero attached hydrogens (tertiary/aromatic N) is 1. The highest BCUT2D eigenvalue weighted by Crippen LogP contribution is 2.23. The fraction of sp³-hybridized carbons (Fsp3) is 1.00. The number of hydrogen-bond donors (Lipinski definition) is 2. The summed E-state index contributed by atoms with van der Waals surface area (Å²) in [7, 11) is -3.27. The van der Waals surface area contributed by atoms with E-state index in [9.17, 15) is 8.42 Å². The lowest BCUT2D eigenvalue weighted by Crippen LogP contribution is -2.46. The van der Waals surface area contributed by atoms with Crippen molar-refractivity contribution in [3.8, 4) is 0 Å². The zero-order chi connectivity index (χ0) is 13.9. The first-order valence-electron chi connectivity index (χ1n) is 7.47. The summed E-state index contributed by atoms with van der Waals surface area (Å²) in [5.41, 5.74) is 5.86. The first kappa shape index (κ1) is 15.2. The molecule has 2 aliphatic rings. The maximum Gasteiger partial charge on any atom is 0.279 e. The molecule has 112 valence electrons. The minimum atomic E-state index is -3.27. The topological polar surface area (TPSA) is 75.4 Å². The second-order valence-electron chi connectivity index (χ2n) is 6.22. The average Bonchev–Trinajstić information content (AvgIpc) is 2.39. The van der Waals surface area contributed by atoms with Gasteiger partial charge in [0.1, 0.15) is 0 Å². The van der Waals surface area contributed by atoms with Gasteiger partial charge >= 0.3 is 0 Å². The molecular formula is C13H27N3O2S. The monoisotopic (exact) mass is 289 g/mol. The van der Waals surface area contributed by atoms with Crippen molar-refractivity contribution in [2.24, 2.45) is 17.6 Å². The molecule has 0 unspecified atom stereocenters. The minimum Gasteiger partial charge on any atom is -0.328 e. The molecule has 0 spiro atoms. The van der Waals surface area contributed by atoms with Gasteiger partial charge in [-0.3, -0.25) is 0 Å². The van der Waals surface area contributed by atoms with Gasteiger partial charge in [-0.1, -0.05) is 6.92 Å². The summed E-state index contributed by atoms with van der Waals surface area (Å²) < 4.78 is 28.8. The van der Waals surface area contributed by atoms with Gasteiger partial charge in [-0.15, -0.1) is 0 Å². The van der Waals surface area contributed by atoms with E-state index in [2.05, 4.69) is 11.6 Å². The smallest absolute Gasteiger partial charge is 0.279 e. The third kappa shape index (κ3) is 4.41. The third-order valence-corrected chi connectivity index (χ3v) is 6.10. The van der Waals surface area contributed by atoms with Crippen molar-refractivity contribution >= 4 is 10.2 Å². The van der Waals surface area contributed by atoms with Crippen molar-refractivity contribution in [1.29, 1.82) is 0 Å². The van der Waals surface area contributed by atoms with Gasteiger partial charge in [-0.05, 0) is 50.4 Å². The van der Waals surface area contributed by atoms with Gasteiger partial charge in [0.2, 0.25) is 0 Å². The van der Waals surface area contributed by atoms with Crippen molar-refractivity contribution in [1.82, 2.24) is 9.03 Å². The van der Waals surface area contributed by atoms with Crippen molar-refractivity contribution in [2.45, 2.75) is 51.5 Å². The van der Waals surface area contributed by atoms with Crippen LogP contribution in [0, 0.1) is 11.8 Å². The van der Waals surface area contributed by atoms with Gasteiger partial charge in [0.15, 0.2) is 0 Å². The average molecular weight is 289 g/mol. The molecule has 0 aromatic carbocycles. The van der Waals surface area contributed by atoms with Gasteiger partial charge in [0.05, 0.1) is 0 Å². The Morgan fingerprint density at radius 1 is 1.11 bits per heavy atom. The van der Waals surface area contributed by atoms with Crippen molar-refractivity contribution in [3.05, 3.63) is 0 Å². The Kier molecular flexibility index (Phi) is 5.22. The molecule has 6 heteroatoms. The van der Waals surface area contributed by atoms with Crippen LogP contribution in [0.2, 0.25) is 0 Å². The van der Waals surface area contributed by atoms with E-state index in [1.165, 1.54) is 0 Å². The number of hydrogen-bond acceptors (Lipinski definition) is 3. The SMILES string of the molecule is CC1CCN(S(=O)(=O)NCC2CCC(N)CC2)CC1. The molecule has 0 atom stereocenters. The van der Waals surface area contributed by atoms with Crippen LogP contribution in [0.3, 0.4) is 0 Å². The van der Waals surface area contributed by atoms with E-state index in [1.54, 1.807) is 4.31 Å². The maximum absolute atomic E-state index is 12.2. The highest BCUT2D eigenvalue weighted by molar-refractivity contribution is 7.87. The van der Waals surface area contributed by atoms with Crippen LogP contribution in [0.4, 0.5) is 0 Å². The molecule has 0 aromatic rings. The van der Waals surface area contributed by atoms with Gasteiger partial charge in [0.25, 0.3) is 10.2 Å². The number of nitrogens with one attached hydrogen (secondary N) is 1. The molecule has 1 saturated heterocycles. The first-order chi connectivity index (χ1) is 8.97. The maximum atomic E-state index is 12.2. The second-order valence-corrected chi connectivity index (χ2v) is 7.97. The van der Waals surface area contributed by atoms with Crippen LogP contribution in [-0.2, 0) is 10.2 Å². The quantitative estimate of drug-likeness (QED) is 0.813. The van der Waals surface area contributed by atoms with Crippen LogP contribution < -0.4 is 10.5 Å². The molecule has 0 bridgehead atoms. The van der Waals surface area contributed by atoms with E-state index in [-0.39, 0.29) is 0 Å². The van der Waals surface area contributed by atoms with E-state index >= 15 is 0 Å². The Morgan fingerprint density at radius 2 is 1.68 bits per heavy atom. The molecule has 1 aliphatic carbocycles. The number of nitrogens with two attached hydrogens (primary N) is 1. The normalized spacial score (nSPS) is 31.5. The highest BCUT2D eigenvalue weighted by atomic mass is 32.2. The fourth-order valence-corrected chi connectivity index (χ4v) is 4.25. The Hall–Kier alpha value is -0.170. The van der Waals surface area contributed by atoms with E-state index in [0.29, 0.717) is 37.5 Å². The molecule has 19 heavy (non-hydrogen) atoms. The van der Waals surface area contributed by atoms with Crippen LogP contribution in [-0.4, -0.2) is 38.4 Å². The first-order valence-corrected chi connectivity index (χ1v) is 8.91. The number of rotatable bonds is 4. The lowest BCUT2D eigenvalue weighted by Gasteiger charge is -2.31. The zero-order valence-electron chi connectivity index (χ0n) is 11.8. The number of piperidine rings is 1. The van der Waals surface area contributed by atoms with Crippen LogP contribution in [0.1, 0.15) is 45.4 Å². The molecular weight excluding hydrogens is 262 g/mol. The van der Waals surface area contributed by atoms with Crippen molar-refractivity contribution in [2.75, 3.05) is 19.6 Å². The molecule has 0 radical (unpaired) electrons. The molecule has 1 aliphatic heterocycles. The predicted octanol–water partition coefficient (Wildman–Crippen LogP) is 1.07. The van der Waals surface area contributed by atoms with Crippen molar-refractivity contribution < 1.29 is 8.42 Å². The zero-order valence-corrected chi connectivity index (χ0v) is 12.7. The largest absolute Gasteiger partial charge is 0.328 e. The van der Waals surface area contributed by atoms with Crippen LogP contribution in [0.15, 0.2) is 0 Å². The molecule has 1 saturated carbocycles. The van der Waals surface area contributed by atoms with E-state index in [4.69, 9.17) is 5.73 Å². The molecule has 3 N–H and O–H groups in total. The summed E-state index contributed by atoms with van der Waals surface area (Å²) in [6, 6.07) is 0.316. The third-order valence-electron chi connectivity index (χ3n) is 4.53. The van der Waals surface area contributed by atoms with E-state index in [0.717, 1.165) is 38.5 Å². The molecule has 0 amide bonds. The predicted molar refractivity (Wildman–Crippen MR) is 76.8 cm³/mol. The summed E-state index contributed by atoms with van der Waals surface area (Å²) in [4.78, 5) is 0. The summed E-state index contributed by atoms with van der Waals surface area (Å²) in [6.45, 7) is 4.07. The van der Waals surface area contributed by atoms with E-state index < -0.39 is 10.2 Å². The van der Waals surface area contributed by atoms with Crippen molar-refractivity contribution in [3.63, 3.8) is 0 Å². The molecule has 5 nitrogen and oxygen atoms in total. The Morgan fingerprint density at radius 3 is 2.26 bits per heavy atom. The lowest BCUT2D eigenvalue weighted by atomic mass is 9.87. The van der Waals surface area contributed by atoms with Crippen LogP contribution in [0.25, 0.3) is 0 Å². The second kappa shape index (κ2) is 6.52. The summed E-state index contributed by atoms with van der Waals surface area (Å²) in [5, 5.41) is 0. The van der Waals surface area contributed by atoms with Crippen LogP contribution in [0.5, 0.6) is 0 Å². The standard InChI is InChI=1S/C13H27N3O2S/c1-11-6-8-16(9-7-11)19(17,18)15-10-12-2-4-13(14)5-3-12/h11-13,15H,2-10,14H2,1H3. The van der Waals surface area contributed by atoms with Gasteiger partial charge in [-0.25, -0.2) is 4.72 Å². The van der Waals surface area contributed by atoms with Gasteiger partial charge in [-0.2, -0.15) is 12.7 Å². The molecule has 1 heterocycles. The molecule has 2 rings (SSSR count). The van der Waals surface area contributed by atoms with Gasteiger partial charge < -0.3 is 5.73 Å². The Labute approximate surface area is 117 Å². The van der Waals surface area contributed by atoms with Crippen LogP contribution >= 0.6 is 0 Å². The summed E-state index contributed by atoms with van der Waals surface area (Å²) in [6.07, 6.45) is 6.07. The fourth-order valence-electron chi connectivity index (χ4n) is 2.93. The molecule has 2 fully saturated rings. The summed E-state index contributed by atoms with van der Waals surface area (Å²) >= 11 is 0. The Bertz CT molecular complexity index is 369. The van der Waals surface area contributed by atoms with E-state index in [1.807, 2.05) is 0 Å². The Balaban J connectivity index is 1.78. The highest BCUT2D eigenvalue weighted by Gasteiger charge is 2.27. The lowest BCUT2D eigenvalue weighted by molar-refractivity contribution is 0.280.